The van der Waals surface area contributed by atoms with Gasteiger partial charge in [0.2, 0.25) is 6.54 Å². The Bertz CT molecular complexity index is 1500. The highest BCUT2D eigenvalue weighted by Crippen LogP contribution is 2.36. The van der Waals surface area contributed by atoms with Crippen molar-refractivity contribution in [3.63, 3.8) is 0 Å². The maximum absolute atomic E-state index is 13.7. The number of likely N-dealkylation sites (N-methyl/N-ethyl adjacent to an activating group) is 1. The predicted molar refractivity (Wildman–Crippen MR) is 170 cm³/mol. The Balaban J connectivity index is 0.00000423. The molecule has 2 aliphatic heterocycles. The van der Waals surface area contributed by atoms with Gasteiger partial charge in [-0.2, -0.15) is 9.97 Å². The van der Waals surface area contributed by atoms with Crippen LogP contribution in [0.5, 0.6) is 6.01 Å². The van der Waals surface area contributed by atoms with Gasteiger partial charge >= 0.3 is 6.01 Å². The minimum Gasteiger partial charge on any atom is -0.462 e. The molecule has 0 bridgehead atoms. The van der Waals surface area contributed by atoms with E-state index in [4.69, 9.17) is 32.9 Å². The standard InChI is InChI=1S/C31H35ClFN7O2.CH4/c1-4-40(30(41)20(2)33)23(16-34-3)17-36-29-24-13-15-39(27-12-6-9-21-8-5-11-25(32)28(21)27)18-26(24)37-31(38-29)42-19-22-10-7-14-35-22;/h5-6,8-9,11-12,22-23,35H,2,4,7,10,13-19H2,1H3,(H,36,37,38);1H4/t22-,23-;/m0./s1. The van der Waals surface area contributed by atoms with Crippen molar-refractivity contribution in [2.75, 3.05) is 49.5 Å². The minimum atomic E-state index is -1.05. The number of rotatable bonds is 11. The zero-order chi connectivity index (χ0) is 29.6. The number of ether oxygens (including phenoxy) is 1. The normalized spacial score (nSPS) is 16.5. The van der Waals surface area contributed by atoms with Crippen LogP contribution in [-0.2, 0) is 17.8 Å². The van der Waals surface area contributed by atoms with E-state index in [2.05, 4.69) is 45.2 Å². The molecule has 3 aromatic rings. The number of halogens is 2. The average molecular weight is 608 g/mol. The second-order valence-corrected chi connectivity index (χ2v) is 10.9. The van der Waals surface area contributed by atoms with Crippen molar-refractivity contribution < 1.29 is 13.9 Å². The molecule has 9 nitrogen and oxygen atoms in total. The lowest BCUT2D eigenvalue weighted by atomic mass is 10.0. The largest absolute Gasteiger partial charge is 0.462 e. The van der Waals surface area contributed by atoms with Gasteiger partial charge in [0.1, 0.15) is 18.5 Å². The molecule has 0 spiro atoms. The van der Waals surface area contributed by atoms with Gasteiger partial charge < -0.3 is 30.0 Å². The van der Waals surface area contributed by atoms with Crippen molar-refractivity contribution in [1.29, 1.82) is 0 Å². The number of hydrogen-bond acceptors (Lipinski definition) is 7. The zero-order valence-electron chi connectivity index (χ0n) is 23.7. The summed E-state index contributed by atoms with van der Waals surface area (Å²) in [4.78, 5) is 29.1. The molecular weight excluding hydrogens is 569 g/mol. The maximum Gasteiger partial charge on any atom is 0.318 e. The van der Waals surface area contributed by atoms with Crippen LogP contribution in [0, 0.1) is 6.57 Å². The summed E-state index contributed by atoms with van der Waals surface area (Å²) in [7, 11) is 0. The number of carbonyl (C=O) groups is 1. The van der Waals surface area contributed by atoms with Crippen LogP contribution in [0.4, 0.5) is 15.9 Å². The van der Waals surface area contributed by atoms with E-state index in [1.165, 1.54) is 4.90 Å². The number of nitrogens with one attached hydrogen (secondary N) is 2. The van der Waals surface area contributed by atoms with E-state index in [0.29, 0.717) is 37.0 Å². The van der Waals surface area contributed by atoms with Crippen molar-refractivity contribution in [2.24, 2.45) is 0 Å². The highest BCUT2D eigenvalue weighted by atomic mass is 35.5. The molecule has 228 valence electrons. The molecule has 2 aliphatic rings. The molecule has 3 heterocycles. The number of amides is 1. The second kappa shape index (κ2) is 14.5. The Morgan fingerprint density at radius 3 is 2.84 bits per heavy atom. The van der Waals surface area contributed by atoms with Gasteiger partial charge in [-0.05, 0) is 50.2 Å². The first-order valence-corrected chi connectivity index (χ1v) is 14.7. The molecular formula is C32H39ClFN7O2. The van der Waals surface area contributed by atoms with Gasteiger partial charge in [0.25, 0.3) is 5.91 Å². The number of fused-ring (bicyclic) bond motifs is 2. The predicted octanol–water partition coefficient (Wildman–Crippen LogP) is 5.64. The monoisotopic (exact) mass is 607 g/mol. The van der Waals surface area contributed by atoms with Crippen molar-refractivity contribution >= 4 is 39.8 Å². The first-order chi connectivity index (χ1) is 20.4. The summed E-state index contributed by atoms with van der Waals surface area (Å²) >= 11 is 6.65. The van der Waals surface area contributed by atoms with E-state index in [1.54, 1.807) is 6.92 Å². The van der Waals surface area contributed by atoms with Gasteiger partial charge in [0, 0.05) is 42.3 Å². The highest BCUT2D eigenvalue weighted by Gasteiger charge is 2.29. The minimum absolute atomic E-state index is 0. The molecule has 2 aromatic carbocycles. The Morgan fingerprint density at radius 1 is 1.35 bits per heavy atom. The van der Waals surface area contributed by atoms with Crippen molar-refractivity contribution in [1.82, 2.24) is 20.2 Å². The summed E-state index contributed by atoms with van der Waals surface area (Å²) < 4.78 is 19.8. The smallest absolute Gasteiger partial charge is 0.318 e. The number of benzene rings is 2. The van der Waals surface area contributed by atoms with Crippen LogP contribution in [0.3, 0.4) is 0 Å². The maximum atomic E-state index is 13.7. The average Bonchev–Trinajstić information content (AvgIpc) is 3.52. The van der Waals surface area contributed by atoms with E-state index in [0.717, 1.165) is 47.1 Å². The molecule has 1 aromatic heterocycles. The number of nitrogens with zero attached hydrogens (tertiary/aromatic N) is 5. The van der Waals surface area contributed by atoms with Gasteiger partial charge in [-0.1, -0.05) is 49.9 Å². The highest BCUT2D eigenvalue weighted by molar-refractivity contribution is 6.36. The molecule has 0 aliphatic carbocycles. The van der Waals surface area contributed by atoms with Gasteiger partial charge in [-0.15, -0.1) is 0 Å². The third kappa shape index (κ3) is 7.17. The van der Waals surface area contributed by atoms with Crippen molar-refractivity contribution in [3.8, 4) is 6.01 Å². The van der Waals surface area contributed by atoms with E-state index >= 15 is 0 Å². The van der Waals surface area contributed by atoms with Crippen LogP contribution in [0.2, 0.25) is 5.02 Å². The summed E-state index contributed by atoms with van der Waals surface area (Å²) in [6.45, 7) is 15.5. The first-order valence-electron chi connectivity index (χ1n) is 14.3. The lowest BCUT2D eigenvalue weighted by molar-refractivity contribution is -0.130. The van der Waals surface area contributed by atoms with Gasteiger partial charge in [0.15, 0.2) is 5.83 Å². The molecule has 43 heavy (non-hydrogen) atoms. The van der Waals surface area contributed by atoms with Crippen molar-refractivity contribution in [2.45, 2.75) is 52.2 Å². The molecule has 11 heteroatoms. The third-order valence-corrected chi connectivity index (χ3v) is 8.19. The second-order valence-electron chi connectivity index (χ2n) is 10.5. The third-order valence-electron chi connectivity index (χ3n) is 7.87. The molecule has 5 rings (SSSR count). The van der Waals surface area contributed by atoms with Crippen LogP contribution < -0.4 is 20.3 Å². The Morgan fingerprint density at radius 2 is 2.14 bits per heavy atom. The molecule has 0 radical (unpaired) electrons. The summed E-state index contributed by atoms with van der Waals surface area (Å²) in [6, 6.07) is 12.0. The first kappa shape index (κ1) is 32.0. The van der Waals surface area contributed by atoms with Gasteiger partial charge in [-0.3, -0.25) is 4.79 Å². The Kier molecular flexibility index (Phi) is 10.8. The van der Waals surface area contributed by atoms with E-state index in [1.807, 2.05) is 18.2 Å². The molecule has 2 N–H and O–H groups in total. The number of anilines is 2. The number of aromatic nitrogens is 2. The Labute approximate surface area is 257 Å². The molecule has 1 fully saturated rings. The van der Waals surface area contributed by atoms with Crippen LogP contribution in [-0.4, -0.2) is 72.2 Å². The van der Waals surface area contributed by atoms with E-state index in [9.17, 15) is 9.18 Å². The van der Waals surface area contributed by atoms with Gasteiger partial charge in [0.05, 0.1) is 17.3 Å². The quantitative estimate of drug-likeness (QED) is 0.215. The van der Waals surface area contributed by atoms with Crippen LogP contribution >= 0.6 is 11.6 Å². The summed E-state index contributed by atoms with van der Waals surface area (Å²) in [5.74, 6) is -1.26. The van der Waals surface area contributed by atoms with Crippen LogP contribution in [0.25, 0.3) is 15.6 Å². The molecule has 1 amide bonds. The molecule has 0 saturated carbocycles. The summed E-state index contributed by atoms with van der Waals surface area (Å²) in [6.07, 6.45) is 2.80. The Hall–Kier alpha value is -3.94. The van der Waals surface area contributed by atoms with Crippen LogP contribution in [0.15, 0.2) is 48.8 Å². The SMILES string of the molecule is C.[C-]#[N+]C[C@@H](CNc1nc(OC[C@@H]2CCCN2)nc2c1CCN(c1cccc3cccc(Cl)c13)C2)N(CC)C(=O)C(=C)F. The zero-order valence-corrected chi connectivity index (χ0v) is 24.5. The fourth-order valence-corrected chi connectivity index (χ4v) is 6.03. The fraction of sp³-hybridized carbons (Fsp3) is 0.438. The lowest BCUT2D eigenvalue weighted by Gasteiger charge is -2.32. The topological polar surface area (TPSA) is 87.0 Å². The summed E-state index contributed by atoms with van der Waals surface area (Å²) in [5, 5.41) is 9.55. The number of hydrogen-bond donors (Lipinski definition) is 2. The van der Waals surface area contributed by atoms with Crippen molar-refractivity contribution in [3.05, 3.63) is 76.5 Å². The fourth-order valence-electron chi connectivity index (χ4n) is 5.75. The van der Waals surface area contributed by atoms with Gasteiger partial charge in [-0.25, -0.2) is 11.0 Å². The number of carbonyl (C=O) groups excluding carboxylic acids is 1. The molecule has 2 atom stereocenters. The lowest BCUT2D eigenvalue weighted by Crippen LogP contribution is -2.46. The van der Waals surface area contributed by atoms with Crippen LogP contribution in [0.1, 0.15) is 38.4 Å². The van der Waals surface area contributed by atoms with E-state index in [-0.39, 0.29) is 39.1 Å². The molecule has 1 saturated heterocycles. The summed E-state index contributed by atoms with van der Waals surface area (Å²) in [5.41, 5.74) is 2.82. The molecule has 0 unspecified atom stereocenters. The van der Waals surface area contributed by atoms with E-state index < -0.39 is 17.8 Å².